The summed E-state index contributed by atoms with van der Waals surface area (Å²) < 4.78 is 0.879. The zero-order valence-electron chi connectivity index (χ0n) is 14.2. The van der Waals surface area contributed by atoms with Crippen LogP contribution in [0.5, 0.6) is 0 Å². The van der Waals surface area contributed by atoms with Gasteiger partial charge >= 0.3 is 0 Å². The highest BCUT2D eigenvalue weighted by molar-refractivity contribution is 14.1. The van der Waals surface area contributed by atoms with Crippen LogP contribution in [0.15, 0.2) is 24.3 Å². The summed E-state index contributed by atoms with van der Waals surface area (Å²) in [6, 6.07) is 7.33. The van der Waals surface area contributed by atoms with Gasteiger partial charge in [-0.1, -0.05) is 19.1 Å². The van der Waals surface area contributed by atoms with Crippen molar-refractivity contribution in [1.29, 1.82) is 0 Å². The van der Waals surface area contributed by atoms with E-state index in [9.17, 15) is 9.59 Å². The molecule has 0 aliphatic carbocycles. The van der Waals surface area contributed by atoms with Gasteiger partial charge in [0.2, 0.25) is 5.91 Å². The lowest BCUT2D eigenvalue weighted by atomic mass is 9.99. The first kappa shape index (κ1) is 19.2. The van der Waals surface area contributed by atoms with E-state index in [1.54, 1.807) is 6.07 Å². The van der Waals surface area contributed by atoms with E-state index in [4.69, 9.17) is 0 Å². The van der Waals surface area contributed by atoms with Crippen molar-refractivity contribution in [3.05, 3.63) is 33.4 Å². The maximum atomic E-state index is 12.0. The summed E-state index contributed by atoms with van der Waals surface area (Å²) in [7, 11) is 0. The third-order valence-corrected chi connectivity index (χ3v) is 5.32. The molecule has 2 rings (SSSR count). The normalized spacial score (nSPS) is 15.9. The van der Waals surface area contributed by atoms with Crippen molar-refractivity contribution in [1.82, 2.24) is 15.5 Å². The van der Waals surface area contributed by atoms with Gasteiger partial charge in [-0.3, -0.25) is 9.59 Å². The van der Waals surface area contributed by atoms with Gasteiger partial charge in [0, 0.05) is 10.1 Å². The number of hydrogen-bond acceptors (Lipinski definition) is 3. The number of carbonyl (C=O) groups excluding carboxylic acids is 2. The number of halogens is 1. The molecule has 6 heteroatoms. The molecule has 0 spiro atoms. The van der Waals surface area contributed by atoms with Gasteiger partial charge in [-0.25, -0.2) is 0 Å². The van der Waals surface area contributed by atoms with Crippen LogP contribution in [0, 0.1) is 9.49 Å². The van der Waals surface area contributed by atoms with E-state index < -0.39 is 0 Å². The van der Waals surface area contributed by atoms with Crippen molar-refractivity contribution in [2.45, 2.75) is 26.2 Å². The Bertz CT molecular complexity index is 557. The predicted octanol–water partition coefficient (Wildman–Crippen LogP) is 2.26. The smallest absolute Gasteiger partial charge is 0.252 e. The van der Waals surface area contributed by atoms with Crippen LogP contribution in [0.2, 0.25) is 0 Å². The second-order valence-corrected chi connectivity index (χ2v) is 7.55. The first-order valence-electron chi connectivity index (χ1n) is 8.58. The number of benzene rings is 1. The van der Waals surface area contributed by atoms with Crippen molar-refractivity contribution in [2.24, 2.45) is 5.92 Å². The maximum Gasteiger partial charge on any atom is 0.252 e. The topological polar surface area (TPSA) is 61.4 Å². The zero-order valence-corrected chi connectivity index (χ0v) is 16.3. The average Bonchev–Trinajstić information content (AvgIpc) is 2.58. The highest BCUT2D eigenvalue weighted by atomic mass is 127. The minimum atomic E-state index is -0.211. The average molecular weight is 443 g/mol. The van der Waals surface area contributed by atoms with Crippen molar-refractivity contribution in [3.8, 4) is 0 Å². The van der Waals surface area contributed by atoms with Crippen LogP contribution >= 0.6 is 22.6 Å². The Kier molecular flexibility index (Phi) is 7.98. The van der Waals surface area contributed by atoms with Gasteiger partial charge in [0.1, 0.15) is 0 Å². The molecule has 1 aliphatic rings. The third-order valence-electron chi connectivity index (χ3n) is 4.38. The lowest BCUT2D eigenvalue weighted by molar-refractivity contribution is -0.120. The Morgan fingerprint density at radius 2 is 1.92 bits per heavy atom. The number of carbonyl (C=O) groups is 2. The Hall–Kier alpha value is -1.15. The quantitative estimate of drug-likeness (QED) is 0.502. The highest BCUT2D eigenvalue weighted by Crippen LogP contribution is 2.15. The molecular formula is C18H26IN3O2. The van der Waals surface area contributed by atoms with Crippen molar-refractivity contribution in [2.75, 3.05) is 32.7 Å². The fourth-order valence-corrected chi connectivity index (χ4v) is 3.41. The molecule has 2 N–H and O–H groups in total. The van der Waals surface area contributed by atoms with Gasteiger partial charge in [0.15, 0.2) is 0 Å². The van der Waals surface area contributed by atoms with Gasteiger partial charge in [-0.05, 0) is 79.5 Å². The molecule has 1 fully saturated rings. The highest BCUT2D eigenvalue weighted by Gasteiger charge is 2.15. The summed E-state index contributed by atoms with van der Waals surface area (Å²) >= 11 is 2.12. The molecule has 132 valence electrons. The molecule has 0 bridgehead atoms. The van der Waals surface area contributed by atoms with E-state index in [2.05, 4.69) is 45.0 Å². The molecule has 24 heavy (non-hydrogen) atoms. The van der Waals surface area contributed by atoms with Crippen LogP contribution in [-0.2, 0) is 4.79 Å². The second kappa shape index (κ2) is 9.98. The monoisotopic (exact) mass is 443 g/mol. The van der Waals surface area contributed by atoms with E-state index in [1.807, 2.05) is 18.2 Å². The molecular weight excluding hydrogens is 417 g/mol. The Labute approximate surface area is 157 Å². The molecule has 1 aromatic rings. The van der Waals surface area contributed by atoms with E-state index in [0.29, 0.717) is 12.1 Å². The molecule has 2 amide bonds. The molecule has 1 aliphatic heterocycles. The molecule has 1 heterocycles. The molecule has 1 saturated heterocycles. The Morgan fingerprint density at radius 1 is 1.21 bits per heavy atom. The zero-order chi connectivity index (χ0) is 17.4. The van der Waals surface area contributed by atoms with Crippen molar-refractivity contribution in [3.63, 3.8) is 0 Å². The van der Waals surface area contributed by atoms with Crippen LogP contribution in [-0.4, -0.2) is 49.4 Å². The summed E-state index contributed by atoms with van der Waals surface area (Å²) in [4.78, 5) is 26.3. The van der Waals surface area contributed by atoms with E-state index >= 15 is 0 Å². The number of piperidine rings is 1. The number of hydrogen-bond donors (Lipinski definition) is 2. The van der Waals surface area contributed by atoms with Crippen LogP contribution in [0.3, 0.4) is 0 Å². The molecule has 5 nitrogen and oxygen atoms in total. The molecule has 0 aromatic heterocycles. The summed E-state index contributed by atoms with van der Waals surface area (Å²) in [6.45, 7) is 6.35. The van der Waals surface area contributed by atoms with Gasteiger partial charge in [0.25, 0.3) is 5.91 Å². The number of nitrogens with zero attached hydrogens (tertiary/aromatic N) is 1. The largest absolute Gasteiger partial charge is 0.355 e. The van der Waals surface area contributed by atoms with Crippen molar-refractivity contribution < 1.29 is 9.59 Å². The predicted molar refractivity (Wildman–Crippen MR) is 104 cm³/mol. The molecule has 0 atom stereocenters. The van der Waals surface area contributed by atoms with Gasteiger partial charge in [0.05, 0.1) is 12.1 Å². The lowest BCUT2D eigenvalue weighted by Crippen LogP contribution is -2.39. The van der Waals surface area contributed by atoms with Gasteiger partial charge < -0.3 is 15.5 Å². The van der Waals surface area contributed by atoms with Crippen LogP contribution in [0.4, 0.5) is 0 Å². The van der Waals surface area contributed by atoms with Crippen LogP contribution in [0.1, 0.15) is 36.5 Å². The van der Waals surface area contributed by atoms with E-state index in [0.717, 1.165) is 22.5 Å². The first-order valence-corrected chi connectivity index (χ1v) is 9.66. The standard InChI is InChI=1S/C18H26IN3O2/c1-14-7-11-22(12-8-14)10-4-9-20-17(23)13-21-18(24)15-5-2-3-6-16(15)19/h2-3,5-6,14H,4,7-13H2,1H3,(H,20,23)(H,21,24). The SMILES string of the molecule is CC1CCN(CCCNC(=O)CNC(=O)c2ccccc2I)CC1. The summed E-state index contributed by atoms with van der Waals surface area (Å²) in [6.07, 6.45) is 3.50. The summed E-state index contributed by atoms with van der Waals surface area (Å²) in [5.74, 6) is 0.497. The van der Waals surface area contributed by atoms with Gasteiger partial charge in [-0.15, -0.1) is 0 Å². The van der Waals surface area contributed by atoms with Crippen LogP contribution in [0.25, 0.3) is 0 Å². The maximum absolute atomic E-state index is 12.0. The lowest BCUT2D eigenvalue weighted by Gasteiger charge is -2.30. The summed E-state index contributed by atoms with van der Waals surface area (Å²) in [5.41, 5.74) is 0.602. The van der Waals surface area contributed by atoms with E-state index in [-0.39, 0.29) is 18.4 Å². The minimum absolute atomic E-state index is 0.0189. The number of likely N-dealkylation sites (tertiary alicyclic amines) is 1. The Balaban J connectivity index is 1.58. The summed E-state index contributed by atoms with van der Waals surface area (Å²) in [5, 5.41) is 5.54. The second-order valence-electron chi connectivity index (χ2n) is 6.39. The molecule has 0 radical (unpaired) electrons. The fraction of sp³-hybridized carbons (Fsp3) is 0.556. The van der Waals surface area contributed by atoms with Crippen LogP contribution < -0.4 is 10.6 Å². The number of amides is 2. The number of rotatable bonds is 7. The molecule has 0 saturated carbocycles. The Morgan fingerprint density at radius 3 is 2.62 bits per heavy atom. The first-order chi connectivity index (χ1) is 11.6. The fourth-order valence-electron chi connectivity index (χ4n) is 2.78. The third kappa shape index (κ3) is 6.39. The molecule has 0 unspecified atom stereocenters. The van der Waals surface area contributed by atoms with E-state index in [1.165, 1.54) is 25.9 Å². The van der Waals surface area contributed by atoms with Crippen molar-refractivity contribution >= 4 is 34.4 Å². The molecule has 1 aromatic carbocycles. The number of nitrogens with one attached hydrogen (secondary N) is 2. The minimum Gasteiger partial charge on any atom is -0.355 e. The van der Waals surface area contributed by atoms with Gasteiger partial charge in [-0.2, -0.15) is 0 Å².